The Balaban J connectivity index is 2.60. The van der Waals surface area contributed by atoms with Gasteiger partial charge in [0.2, 0.25) is 0 Å². The summed E-state index contributed by atoms with van der Waals surface area (Å²) >= 11 is 3.16. The lowest BCUT2D eigenvalue weighted by atomic mass is 10.4. The first-order valence-electron chi connectivity index (χ1n) is 3.00. The fraction of sp³-hybridized carbons (Fsp3) is 0.833. The van der Waals surface area contributed by atoms with Crippen LogP contribution in [0.5, 0.6) is 0 Å². The summed E-state index contributed by atoms with van der Waals surface area (Å²) in [5, 5.41) is -0.306. The quantitative estimate of drug-likeness (QED) is 0.478. The van der Waals surface area contributed by atoms with Gasteiger partial charge in [-0.05, 0) is 13.8 Å². The Bertz CT molecular complexity index is 146. The van der Waals surface area contributed by atoms with Gasteiger partial charge in [-0.3, -0.25) is 0 Å². The molecule has 0 spiro atoms. The van der Waals surface area contributed by atoms with E-state index in [0.717, 1.165) is 6.29 Å². The molecule has 0 N–H and O–H groups in total. The van der Waals surface area contributed by atoms with E-state index < -0.39 is 11.9 Å². The molecule has 0 aromatic heterocycles. The molecule has 0 aliphatic carbocycles. The van der Waals surface area contributed by atoms with Gasteiger partial charge in [-0.25, -0.2) is 0 Å². The van der Waals surface area contributed by atoms with Gasteiger partial charge < -0.3 is 14.3 Å². The van der Waals surface area contributed by atoms with Crippen molar-refractivity contribution in [3.8, 4) is 0 Å². The third kappa shape index (κ3) is 1.56. The number of carbonyl (C=O) groups is 1. The number of alkyl halides is 1. The first kappa shape index (κ1) is 8.17. The van der Waals surface area contributed by atoms with Crippen LogP contribution >= 0.6 is 15.9 Å². The molecule has 1 aliphatic heterocycles. The first-order chi connectivity index (χ1) is 4.55. The Morgan fingerprint density at radius 2 is 2.10 bits per heavy atom. The average Bonchev–Trinajstić information content (AvgIpc) is 2.05. The lowest BCUT2D eigenvalue weighted by Gasteiger charge is -2.14. The SMILES string of the molecule is CC1(C)OC(Br)C(C=O)O1. The molecule has 2 unspecified atom stereocenters. The number of ether oxygens (including phenoxy) is 2. The van der Waals surface area contributed by atoms with Crippen LogP contribution < -0.4 is 0 Å². The summed E-state index contributed by atoms with van der Waals surface area (Å²) in [6.07, 6.45) is 0.253. The molecule has 0 radical (unpaired) electrons. The highest BCUT2D eigenvalue weighted by atomic mass is 79.9. The predicted molar refractivity (Wildman–Crippen MR) is 38.8 cm³/mol. The molecule has 58 valence electrons. The summed E-state index contributed by atoms with van der Waals surface area (Å²) in [4.78, 5) is 10.3. The van der Waals surface area contributed by atoms with Gasteiger partial charge in [0.1, 0.15) is 5.01 Å². The summed E-state index contributed by atoms with van der Waals surface area (Å²) in [6, 6.07) is 0. The highest BCUT2D eigenvalue weighted by Gasteiger charge is 2.39. The van der Waals surface area contributed by atoms with E-state index in [4.69, 9.17) is 9.47 Å². The molecule has 0 aromatic carbocycles. The van der Waals surface area contributed by atoms with Crippen LogP contribution in [0, 0.1) is 0 Å². The average molecular weight is 209 g/mol. The van der Waals surface area contributed by atoms with Gasteiger partial charge in [-0.2, -0.15) is 0 Å². The maximum absolute atomic E-state index is 10.3. The Kier molecular flexibility index (Phi) is 2.12. The molecule has 0 amide bonds. The standard InChI is InChI=1S/C6H9BrO3/c1-6(2)9-4(3-8)5(7)10-6/h3-5H,1-2H3. The van der Waals surface area contributed by atoms with Crippen LogP contribution in [0.3, 0.4) is 0 Å². The molecule has 1 heterocycles. The van der Waals surface area contributed by atoms with Gasteiger partial charge >= 0.3 is 0 Å². The number of hydrogen-bond acceptors (Lipinski definition) is 3. The Hall–Kier alpha value is 0.0700. The zero-order valence-electron chi connectivity index (χ0n) is 5.83. The van der Waals surface area contributed by atoms with Crippen molar-refractivity contribution >= 4 is 22.2 Å². The van der Waals surface area contributed by atoms with Gasteiger partial charge in [0.05, 0.1) is 0 Å². The van der Waals surface area contributed by atoms with E-state index in [9.17, 15) is 4.79 Å². The van der Waals surface area contributed by atoms with Gasteiger partial charge in [-0.1, -0.05) is 15.9 Å². The molecule has 1 rings (SSSR count). The number of hydrogen-bond donors (Lipinski definition) is 0. The molecular weight excluding hydrogens is 200 g/mol. The summed E-state index contributed by atoms with van der Waals surface area (Å²) in [5.41, 5.74) is 0. The van der Waals surface area contributed by atoms with Crippen molar-refractivity contribution in [2.75, 3.05) is 0 Å². The van der Waals surface area contributed by atoms with Crippen molar-refractivity contribution in [2.24, 2.45) is 0 Å². The number of halogens is 1. The smallest absolute Gasteiger partial charge is 0.165 e. The molecule has 1 saturated heterocycles. The molecule has 2 atom stereocenters. The second kappa shape index (κ2) is 2.60. The van der Waals surface area contributed by atoms with Crippen LogP contribution in [0.25, 0.3) is 0 Å². The fourth-order valence-corrected chi connectivity index (χ4v) is 1.52. The lowest BCUT2D eigenvalue weighted by molar-refractivity contribution is -0.146. The normalized spacial score (nSPS) is 37.9. The Morgan fingerprint density at radius 3 is 2.30 bits per heavy atom. The van der Waals surface area contributed by atoms with Crippen molar-refractivity contribution in [3.05, 3.63) is 0 Å². The first-order valence-corrected chi connectivity index (χ1v) is 3.92. The molecule has 3 nitrogen and oxygen atoms in total. The largest absolute Gasteiger partial charge is 0.336 e. The van der Waals surface area contributed by atoms with Gasteiger partial charge in [0, 0.05) is 0 Å². The summed E-state index contributed by atoms with van der Waals surface area (Å²) in [5.74, 6) is -0.639. The second-order valence-electron chi connectivity index (χ2n) is 2.59. The molecule has 1 fully saturated rings. The third-order valence-electron chi connectivity index (χ3n) is 1.21. The van der Waals surface area contributed by atoms with Crippen molar-refractivity contribution in [2.45, 2.75) is 30.8 Å². The van der Waals surface area contributed by atoms with Crippen LogP contribution in [0.1, 0.15) is 13.8 Å². The summed E-state index contributed by atoms with van der Waals surface area (Å²) in [6.45, 7) is 3.54. The van der Waals surface area contributed by atoms with E-state index >= 15 is 0 Å². The zero-order valence-corrected chi connectivity index (χ0v) is 7.42. The monoisotopic (exact) mass is 208 g/mol. The molecule has 0 aromatic rings. The van der Waals surface area contributed by atoms with E-state index in [0.29, 0.717) is 0 Å². The van der Waals surface area contributed by atoms with E-state index in [1.165, 1.54) is 0 Å². The van der Waals surface area contributed by atoms with Crippen molar-refractivity contribution in [3.63, 3.8) is 0 Å². The second-order valence-corrected chi connectivity index (χ2v) is 3.49. The van der Waals surface area contributed by atoms with Gasteiger partial charge in [-0.15, -0.1) is 0 Å². The minimum absolute atomic E-state index is 0.306. The fourth-order valence-electron chi connectivity index (χ4n) is 0.837. The van der Waals surface area contributed by atoms with Gasteiger partial charge in [0.15, 0.2) is 18.2 Å². The Morgan fingerprint density at radius 1 is 1.50 bits per heavy atom. The minimum Gasteiger partial charge on any atom is -0.336 e. The molecule has 0 bridgehead atoms. The molecule has 10 heavy (non-hydrogen) atoms. The zero-order chi connectivity index (χ0) is 7.78. The van der Waals surface area contributed by atoms with E-state index in [-0.39, 0.29) is 5.01 Å². The van der Waals surface area contributed by atoms with Crippen molar-refractivity contribution in [1.82, 2.24) is 0 Å². The lowest BCUT2D eigenvalue weighted by Crippen LogP contribution is -2.21. The molecule has 1 aliphatic rings. The molecule has 0 saturated carbocycles. The summed E-state index contributed by atoms with van der Waals surface area (Å²) < 4.78 is 10.4. The third-order valence-corrected chi connectivity index (χ3v) is 1.92. The number of carbonyl (C=O) groups excluding carboxylic acids is 1. The topological polar surface area (TPSA) is 35.5 Å². The van der Waals surface area contributed by atoms with Crippen LogP contribution in [0.15, 0.2) is 0 Å². The predicted octanol–water partition coefficient (Wildman–Crippen LogP) is 1.06. The van der Waals surface area contributed by atoms with E-state index in [1.54, 1.807) is 13.8 Å². The Labute approximate surface area is 67.8 Å². The van der Waals surface area contributed by atoms with Crippen molar-refractivity contribution < 1.29 is 14.3 Å². The van der Waals surface area contributed by atoms with Crippen LogP contribution in [0.4, 0.5) is 0 Å². The molecule has 4 heteroatoms. The highest BCUT2D eigenvalue weighted by molar-refractivity contribution is 9.09. The maximum atomic E-state index is 10.3. The summed E-state index contributed by atoms with van der Waals surface area (Å²) in [7, 11) is 0. The maximum Gasteiger partial charge on any atom is 0.165 e. The van der Waals surface area contributed by atoms with Gasteiger partial charge in [0.25, 0.3) is 0 Å². The highest BCUT2D eigenvalue weighted by Crippen LogP contribution is 2.29. The van der Waals surface area contributed by atoms with Crippen molar-refractivity contribution in [1.29, 1.82) is 0 Å². The number of aldehydes is 1. The van der Waals surface area contributed by atoms with Crippen LogP contribution in [0.2, 0.25) is 0 Å². The van der Waals surface area contributed by atoms with E-state index in [1.807, 2.05) is 0 Å². The van der Waals surface area contributed by atoms with E-state index in [2.05, 4.69) is 15.9 Å². The number of rotatable bonds is 1. The molecular formula is C6H9BrO3. The van der Waals surface area contributed by atoms with Crippen LogP contribution in [-0.2, 0) is 14.3 Å². The minimum atomic E-state index is -0.639. The van der Waals surface area contributed by atoms with Crippen LogP contribution in [-0.4, -0.2) is 23.2 Å².